The van der Waals surface area contributed by atoms with Crippen LogP contribution in [0.3, 0.4) is 0 Å². The zero-order valence-corrected chi connectivity index (χ0v) is 17.9. The molecule has 0 radical (unpaired) electrons. The number of carbonyl (C=O) groups excluding carboxylic acids is 1. The van der Waals surface area contributed by atoms with Crippen LogP contribution < -0.4 is 5.32 Å². The van der Waals surface area contributed by atoms with Crippen molar-refractivity contribution in [3.8, 4) is 0 Å². The standard InChI is InChI=1S/C21H25ClN2O3S/c1-14-9-11-24(12-10-14)28(26,27)17-7-8-19(22)18(13-17)21(25)23-20-6-4-5-15(2)16(20)3/h4-8,13-14H,9-12H2,1-3H3,(H,23,25). The van der Waals surface area contributed by atoms with Gasteiger partial charge in [-0.3, -0.25) is 4.79 Å². The maximum absolute atomic E-state index is 13.0. The zero-order valence-electron chi connectivity index (χ0n) is 16.3. The number of carbonyl (C=O) groups is 1. The molecule has 3 rings (SSSR count). The normalized spacial score (nSPS) is 16.1. The number of amides is 1. The monoisotopic (exact) mass is 420 g/mol. The van der Waals surface area contributed by atoms with Crippen LogP contribution in [0.2, 0.25) is 5.02 Å². The molecule has 1 heterocycles. The molecule has 2 aromatic carbocycles. The number of sulfonamides is 1. The molecule has 2 aromatic rings. The number of hydrogen-bond donors (Lipinski definition) is 1. The fourth-order valence-electron chi connectivity index (χ4n) is 3.29. The van der Waals surface area contributed by atoms with Crippen LogP contribution in [0.15, 0.2) is 41.3 Å². The molecule has 1 fully saturated rings. The van der Waals surface area contributed by atoms with Crippen molar-refractivity contribution in [2.75, 3.05) is 18.4 Å². The van der Waals surface area contributed by atoms with Gasteiger partial charge in [0.15, 0.2) is 0 Å². The third-order valence-corrected chi connectivity index (χ3v) is 7.64. The van der Waals surface area contributed by atoms with E-state index in [0.717, 1.165) is 24.0 Å². The molecule has 7 heteroatoms. The Morgan fingerprint density at radius 1 is 1.14 bits per heavy atom. The summed E-state index contributed by atoms with van der Waals surface area (Å²) < 4.78 is 27.5. The summed E-state index contributed by atoms with van der Waals surface area (Å²) in [5, 5.41) is 3.06. The highest BCUT2D eigenvalue weighted by molar-refractivity contribution is 7.89. The number of benzene rings is 2. The molecule has 0 unspecified atom stereocenters. The van der Waals surface area contributed by atoms with E-state index in [-0.39, 0.29) is 15.5 Å². The summed E-state index contributed by atoms with van der Waals surface area (Å²) >= 11 is 6.21. The van der Waals surface area contributed by atoms with E-state index < -0.39 is 15.9 Å². The molecule has 150 valence electrons. The molecular weight excluding hydrogens is 396 g/mol. The van der Waals surface area contributed by atoms with Crippen LogP contribution in [0, 0.1) is 19.8 Å². The Morgan fingerprint density at radius 3 is 2.50 bits per heavy atom. The Morgan fingerprint density at radius 2 is 1.82 bits per heavy atom. The number of halogens is 1. The summed E-state index contributed by atoms with van der Waals surface area (Å²) in [7, 11) is -3.65. The largest absolute Gasteiger partial charge is 0.322 e. The van der Waals surface area contributed by atoms with Crippen molar-refractivity contribution in [2.24, 2.45) is 5.92 Å². The summed E-state index contributed by atoms with van der Waals surface area (Å²) in [6, 6.07) is 9.94. The second-order valence-corrected chi connectivity index (χ2v) is 9.77. The van der Waals surface area contributed by atoms with Gasteiger partial charge in [-0.1, -0.05) is 30.7 Å². The first-order valence-electron chi connectivity index (χ1n) is 9.37. The SMILES string of the molecule is Cc1cccc(NC(=O)c2cc(S(=O)(=O)N3CCC(C)CC3)ccc2Cl)c1C. The Hall–Kier alpha value is -1.89. The lowest BCUT2D eigenvalue weighted by atomic mass is 10.0. The predicted octanol–water partition coefficient (Wildman–Crippen LogP) is 4.63. The van der Waals surface area contributed by atoms with Crippen molar-refractivity contribution in [2.45, 2.75) is 38.5 Å². The maximum atomic E-state index is 13.0. The van der Waals surface area contributed by atoms with E-state index in [9.17, 15) is 13.2 Å². The van der Waals surface area contributed by atoms with Gasteiger partial charge in [0.2, 0.25) is 10.0 Å². The minimum Gasteiger partial charge on any atom is -0.322 e. The topological polar surface area (TPSA) is 66.5 Å². The minimum absolute atomic E-state index is 0.0950. The molecule has 0 spiro atoms. The summed E-state index contributed by atoms with van der Waals surface area (Å²) in [4.78, 5) is 12.9. The van der Waals surface area contributed by atoms with Gasteiger partial charge in [0.1, 0.15) is 0 Å². The molecule has 28 heavy (non-hydrogen) atoms. The molecule has 0 aromatic heterocycles. The number of nitrogens with zero attached hydrogens (tertiary/aromatic N) is 1. The van der Waals surface area contributed by atoms with Crippen LogP contribution >= 0.6 is 11.6 Å². The van der Waals surface area contributed by atoms with Crippen LogP contribution in [0.4, 0.5) is 5.69 Å². The first-order valence-corrected chi connectivity index (χ1v) is 11.2. The number of aryl methyl sites for hydroxylation is 1. The van der Waals surface area contributed by atoms with E-state index in [1.54, 1.807) is 0 Å². The quantitative estimate of drug-likeness (QED) is 0.784. The van der Waals surface area contributed by atoms with Gasteiger partial charge >= 0.3 is 0 Å². The molecular formula is C21H25ClN2O3S. The summed E-state index contributed by atoms with van der Waals surface area (Å²) in [5.74, 6) is 0.0959. The van der Waals surface area contributed by atoms with E-state index in [0.29, 0.717) is 24.7 Å². The molecule has 1 N–H and O–H groups in total. The summed E-state index contributed by atoms with van der Waals surface area (Å²) in [6.45, 7) is 7.00. The highest BCUT2D eigenvalue weighted by Gasteiger charge is 2.29. The molecule has 1 aliphatic heterocycles. The molecule has 0 aliphatic carbocycles. The first kappa shape index (κ1) is 20.8. The Balaban J connectivity index is 1.89. The second-order valence-electron chi connectivity index (χ2n) is 7.43. The zero-order chi connectivity index (χ0) is 20.5. The van der Waals surface area contributed by atoms with Crippen molar-refractivity contribution in [3.05, 3.63) is 58.1 Å². The number of hydrogen-bond acceptors (Lipinski definition) is 3. The van der Waals surface area contributed by atoms with Crippen LogP contribution in [0.1, 0.15) is 41.3 Å². The van der Waals surface area contributed by atoms with Gasteiger partial charge in [-0.15, -0.1) is 0 Å². The van der Waals surface area contributed by atoms with Gasteiger partial charge in [-0.05, 0) is 68.0 Å². The van der Waals surface area contributed by atoms with Crippen molar-refractivity contribution in [1.29, 1.82) is 0 Å². The van der Waals surface area contributed by atoms with Gasteiger partial charge in [0.05, 0.1) is 15.5 Å². The average Bonchev–Trinajstić information content (AvgIpc) is 2.66. The highest BCUT2D eigenvalue weighted by atomic mass is 35.5. The van der Waals surface area contributed by atoms with E-state index in [2.05, 4.69) is 12.2 Å². The van der Waals surface area contributed by atoms with E-state index in [1.807, 2.05) is 32.0 Å². The van der Waals surface area contributed by atoms with Crippen molar-refractivity contribution in [3.63, 3.8) is 0 Å². The number of nitrogens with one attached hydrogen (secondary N) is 1. The smallest absolute Gasteiger partial charge is 0.257 e. The third kappa shape index (κ3) is 4.24. The molecule has 0 bridgehead atoms. The van der Waals surface area contributed by atoms with E-state index in [4.69, 9.17) is 11.6 Å². The van der Waals surface area contributed by atoms with Crippen molar-refractivity contribution in [1.82, 2.24) is 4.31 Å². The van der Waals surface area contributed by atoms with E-state index in [1.165, 1.54) is 22.5 Å². The third-order valence-electron chi connectivity index (χ3n) is 5.42. The second kappa shape index (κ2) is 8.23. The highest BCUT2D eigenvalue weighted by Crippen LogP contribution is 2.27. The maximum Gasteiger partial charge on any atom is 0.257 e. The van der Waals surface area contributed by atoms with Crippen LogP contribution in [0.25, 0.3) is 0 Å². The summed E-state index contributed by atoms with van der Waals surface area (Å²) in [6.07, 6.45) is 1.68. The first-order chi connectivity index (χ1) is 13.2. The summed E-state index contributed by atoms with van der Waals surface area (Å²) in [5.41, 5.74) is 2.84. The van der Waals surface area contributed by atoms with Crippen LogP contribution in [0.5, 0.6) is 0 Å². The Bertz CT molecular complexity index is 997. The molecule has 1 amide bonds. The number of rotatable bonds is 4. The van der Waals surface area contributed by atoms with E-state index >= 15 is 0 Å². The molecule has 1 aliphatic rings. The predicted molar refractivity (Wildman–Crippen MR) is 112 cm³/mol. The minimum atomic E-state index is -3.65. The molecule has 0 atom stereocenters. The van der Waals surface area contributed by atoms with Crippen molar-refractivity contribution >= 4 is 33.2 Å². The molecule has 0 saturated carbocycles. The number of piperidine rings is 1. The fourth-order valence-corrected chi connectivity index (χ4v) is 4.99. The lowest BCUT2D eigenvalue weighted by Crippen LogP contribution is -2.37. The Labute approximate surface area is 171 Å². The molecule has 5 nitrogen and oxygen atoms in total. The van der Waals surface area contributed by atoms with Crippen LogP contribution in [-0.2, 0) is 10.0 Å². The average molecular weight is 421 g/mol. The number of anilines is 1. The van der Waals surface area contributed by atoms with Gasteiger partial charge in [-0.25, -0.2) is 8.42 Å². The lowest BCUT2D eigenvalue weighted by Gasteiger charge is -2.29. The van der Waals surface area contributed by atoms with Gasteiger partial charge in [0.25, 0.3) is 5.91 Å². The van der Waals surface area contributed by atoms with Crippen LogP contribution in [-0.4, -0.2) is 31.7 Å². The van der Waals surface area contributed by atoms with Gasteiger partial charge in [-0.2, -0.15) is 4.31 Å². The van der Waals surface area contributed by atoms with Crippen molar-refractivity contribution < 1.29 is 13.2 Å². The fraction of sp³-hybridized carbons (Fsp3) is 0.381. The lowest BCUT2D eigenvalue weighted by molar-refractivity contribution is 0.102. The Kier molecular flexibility index (Phi) is 6.12. The molecule has 1 saturated heterocycles. The van der Waals surface area contributed by atoms with Gasteiger partial charge < -0.3 is 5.32 Å². The van der Waals surface area contributed by atoms with Gasteiger partial charge in [0, 0.05) is 18.8 Å².